The van der Waals surface area contributed by atoms with E-state index >= 15 is 0 Å². The van der Waals surface area contributed by atoms with Crippen LogP contribution in [-0.2, 0) is 4.79 Å². The number of hydrogen-bond acceptors (Lipinski definition) is 3. The molecule has 2 heterocycles. The quantitative estimate of drug-likeness (QED) is 0.898. The summed E-state index contributed by atoms with van der Waals surface area (Å²) in [7, 11) is 0. The highest BCUT2D eigenvalue weighted by Gasteiger charge is 2.30. The Balaban J connectivity index is 1.69. The molecule has 1 aromatic rings. The lowest BCUT2D eigenvalue weighted by molar-refractivity contribution is -0.123. The Morgan fingerprint density at radius 1 is 1.43 bits per heavy atom. The molecule has 3 amide bonds. The van der Waals surface area contributed by atoms with Gasteiger partial charge in [-0.2, -0.15) is 0 Å². The van der Waals surface area contributed by atoms with Crippen LogP contribution in [0.15, 0.2) is 17.5 Å². The highest BCUT2D eigenvalue weighted by Crippen LogP contribution is 2.37. The molecule has 2 aliphatic rings. The van der Waals surface area contributed by atoms with Gasteiger partial charge in [-0.25, -0.2) is 4.79 Å². The summed E-state index contributed by atoms with van der Waals surface area (Å²) < 4.78 is 0. The Morgan fingerprint density at radius 3 is 2.90 bits per heavy atom. The van der Waals surface area contributed by atoms with Gasteiger partial charge in [0.15, 0.2) is 0 Å². The van der Waals surface area contributed by atoms with Crippen LogP contribution in [0.2, 0.25) is 0 Å². The smallest absolute Gasteiger partial charge is 0.318 e. The third-order valence-electron chi connectivity index (χ3n) is 4.33. The Hall–Kier alpha value is -1.56. The lowest BCUT2D eigenvalue weighted by atomic mass is 9.97. The number of piperazine rings is 1. The van der Waals surface area contributed by atoms with Crippen molar-refractivity contribution < 1.29 is 9.59 Å². The van der Waals surface area contributed by atoms with E-state index in [4.69, 9.17) is 0 Å². The van der Waals surface area contributed by atoms with Crippen LogP contribution >= 0.6 is 11.3 Å². The van der Waals surface area contributed by atoms with Crippen LogP contribution in [0.25, 0.3) is 0 Å². The van der Waals surface area contributed by atoms with Crippen molar-refractivity contribution in [1.82, 2.24) is 15.5 Å². The lowest BCUT2D eigenvalue weighted by Crippen LogP contribution is -2.53. The number of hydrogen-bond donors (Lipinski definition) is 2. The first-order valence-electron chi connectivity index (χ1n) is 7.59. The van der Waals surface area contributed by atoms with E-state index in [1.807, 2.05) is 6.07 Å². The first kappa shape index (κ1) is 14.4. The van der Waals surface area contributed by atoms with Crippen LogP contribution in [-0.4, -0.2) is 36.5 Å². The van der Waals surface area contributed by atoms with Gasteiger partial charge in [-0.3, -0.25) is 4.79 Å². The molecule has 114 valence electrons. The van der Waals surface area contributed by atoms with Gasteiger partial charge < -0.3 is 15.5 Å². The van der Waals surface area contributed by atoms with Crippen LogP contribution in [0.3, 0.4) is 0 Å². The molecule has 3 rings (SSSR count). The zero-order valence-electron chi connectivity index (χ0n) is 12.0. The fourth-order valence-corrected chi connectivity index (χ4v) is 4.09. The summed E-state index contributed by atoms with van der Waals surface area (Å²) >= 11 is 1.69. The second kappa shape index (κ2) is 6.47. The minimum Gasteiger partial charge on any atom is -0.353 e. The first-order valence-corrected chi connectivity index (χ1v) is 8.47. The molecule has 1 atom stereocenters. The van der Waals surface area contributed by atoms with Crippen LogP contribution < -0.4 is 10.6 Å². The minimum atomic E-state index is -0.116. The summed E-state index contributed by atoms with van der Waals surface area (Å²) in [4.78, 5) is 26.7. The van der Waals surface area contributed by atoms with Crippen molar-refractivity contribution in [3.63, 3.8) is 0 Å². The van der Waals surface area contributed by atoms with Crippen LogP contribution in [0, 0.1) is 5.92 Å². The number of urea groups is 1. The lowest BCUT2D eigenvalue weighted by Gasteiger charge is -2.31. The number of carbonyl (C=O) groups is 2. The predicted molar refractivity (Wildman–Crippen MR) is 82.1 cm³/mol. The molecule has 0 radical (unpaired) electrons. The molecule has 0 aromatic carbocycles. The van der Waals surface area contributed by atoms with Gasteiger partial charge in [0.25, 0.3) is 0 Å². The average molecular weight is 307 g/mol. The summed E-state index contributed by atoms with van der Waals surface area (Å²) in [6.07, 6.45) is 4.83. The number of thiophene rings is 1. The van der Waals surface area contributed by atoms with Gasteiger partial charge >= 0.3 is 6.03 Å². The molecule has 6 heteroatoms. The maximum absolute atomic E-state index is 12.4. The third kappa shape index (κ3) is 3.37. The molecule has 0 spiro atoms. The van der Waals surface area contributed by atoms with Crippen LogP contribution in [0.1, 0.15) is 36.6 Å². The summed E-state index contributed by atoms with van der Waals surface area (Å²) in [6.45, 7) is 1.28. The molecule has 21 heavy (non-hydrogen) atoms. The zero-order chi connectivity index (χ0) is 14.7. The fourth-order valence-electron chi connectivity index (χ4n) is 3.22. The monoisotopic (exact) mass is 307 g/mol. The van der Waals surface area contributed by atoms with Gasteiger partial charge in [-0.05, 0) is 30.2 Å². The van der Waals surface area contributed by atoms with Gasteiger partial charge in [0.05, 0.1) is 6.04 Å². The number of nitrogens with one attached hydrogen (secondary N) is 2. The number of carbonyl (C=O) groups excluding carboxylic acids is 2. The molecule has 1 saturated heterocycles. The van der Waals surface area contributed by atoms with Crippen molar-refractivity contribution in [1.29, 1.82) is 0 Å². The molecule has 1 saturated carbocycles. The van der Waals surface area contributed by atoms with Crippen LogP contribution in [0.5, 0.6) is 0 Å². The number of nitrogens with zero attached hydrogens (tertiary/aromatic N) is 1. The highest BCUT2D eigenvalue weighted by molar-refractivity contribution is 7.10. The molecule has 1 aliphatic heterocycles. The second-order valence-corrected chi connectivity index (χ2v) is 6.74. The Labute approximate surface area is 128 Å². The maximum Gasteiger partial charge on any atom is 0.318 e. The van der Waals surface area contributed by atoms with E-state index in [2.05, 4.69) is 22.1 Å². The van der Waals surface area contributed by atoms with E-state index in [1.54, 1.807) is 16.2 Å². The second-order valence-electron chi connectivity index (χ2n) is 5.76. The largest absolute Gasteiger partial charge is 0.353 e. The van der Waals surface area contributed by atoms with E-state index in [9.17, 15) is 9.59 Å². The highest BCUT2D eigenvalue weighted by atomic mass is 32.1. The number of rotatable bonds is 3. The Bertz CT molecular complexity index is 497. The predicted octanol–water partition coefficient (Wildman–Crippen LogP) is 2.12. The SMILES string of the molecule is O=C1CN(C(=O)NC(c2cccs2)C2CCCC2)CCN1. The van der Waals surface area contributed by atoms with E-state index in [-0.39, 0.29) is 24.5 Å². The van der Waals surface area contributed by atoms with Crippen molar-refractivity contribution in [2.75, 3.05) is 19.6 Å². The Kier molecular flexibility index (Phi) is 4.43. The van der Waals surface area contributed by atoms with Gasteiger partial charge in [0.1, 0.15) is 6.54 Å². The molecular formula is C15H21N3O2S. The van der Waals surface area contributed by atoms with Crippen molar-refractivity contribution in [2.45, 2.75) is 31.7 Å². The zero-order valence-corrected chi connectivity index (χ0v) is 12.8. The number of amides is 3. The average Bonchev–Trinajstić information content (AvgIpc) is 3.18. The molecular weight excluding hydrogens is 286 g/mol. The topological polar surface area (TPSA) is 61.4 Å². The summed E-state index contributed by atoms with van der Waals surface area (Å²) in [5, 5.41) is 7.97. The van der Waals surface area contributed by atoms with E-state index in [1.165, 1.54) is 30.6 Å². The van der Waals surface area contributed by atoms with Gasteiger partial charge in [-0.1, -0.05) is 18.9 Å². The van der Waals surface area contributed by atoms with Gasteiger partial charge in [-0.15, -0.1) is 11.3 Å². The van der Waals surface area contributed by atoms with Crippen molar-refractivity contribution >= 4 is 23.3 Å². The van der Waals surface area contributed by atoms with Gasteiger partial charge in [0.2, 0.25) is 5.91 Å². The molecule has 2 fully saturated rings. The van der Waals surface area contributed by atoms with Gasteiger partial charge in [0, 0.05) is 18.0 Å². The van der Waals surface area contributed by atoms with Crippen molar-refractivity contribution in [3.05, 3.63) is 22.4 Å². The van der Waals surface area contributed by atoms with Crippen molar-refractivity contribution in [3.8, 4) is 0 Å². The first-order chi connectivity index (χ1) is 10.2. The molecule has 5 nitrogen and oxygen atoms in total. The van der Waals surface area contributed by atoms with Crippen LogP contribution in [0.4, 0.5) is 4.79 Å². The maximum atomic E-state index is 12.4. The molecule has 1 aliphatic carbocycles. The minimum absolute atomic E-state index is 0.0788. The van der Waals surface area contributed by atoms with E-state index in [0.717, 1.165) is 0 Å². The summed E-state index contributed by atoms with van der Waals surface area (Å²) in [6, 6.07) is 4.10. The molecule has 0 bridgehead atoms. The Morgan fingerprint density at radius 2 is 2.24 bits per heavy atom. The third-order valence-corrected chi connectivity index (χ3v) is 5.28. The molecule has 2 N–H and O–H groups in total. The standard InChI is InChI=1S/C15H21N3O2S/c19-13-10-18(8-7-16-13)15(20)17-14(11-4-1-2-5-11)12-6-3-9-21-12/h3,6,9,11,14H,1-2,4-5,7-8,10H2,(H,16,19)(H,17,20). The fraction of sp³-hybridized carbons (Fsp3) is 0.600. The van der Waals surface area contributed by atoms with E-state index < -0.39 is 0 Å². The van der Waals surface area contributed by atoms with E-state index in [0.29, 0.717) is 19.0 Å². The molecule has 1 unspecified atom stereocenters. The normalized spacial score (nSPS) is 21.1. The molecule has 1 aromatic heterocycles. The summed E-state index contributed by atoms with van der Waals surface area (Å²) in [5.41, 5.74) is 0. The van der Waals surface area contributed by atoms with Crippen molar-refractivity contribution in [2.24, 2.45) is 5.92 Å². The summed E-state index contributed by atoms with van der Waals surface area (Å²) in [5.74, 6) is 0.441.